The number of benzene rings is 4. The summed E-state index contributed by atoms with van der Waals surface area (Å²) in [4.78, 5) is 7.51. The van der Waals surface area contributed by atoms with E-state index in [9.17, 15) is 0 Å². The van der Waals surface area contributed by atoms with Crippen LogP contribution >= 0.6 is 0 Å². The summed E-state index contributed by atoms with van der Waals surface area (Å²) < 4.78 is 0. The zero-order valence-electron chi connectivity index (χ0n) is 17.3. The minimum atomic E-state index is -0.0857. The lowest BCUT2D eigenvalue weighted by Gasteiger charge is -2.40. The lowest BCUT2D eigenvalue weighted by molar-refractivity contribution is 0.860. The average molecular weight is 406 g/mol. The van der Waals surface area contributed by atoms with Gasteiger partial charge in [-0.2, -0.15) is 0 Å². The minimum absolute atomic E-state index is 0.0857. The van der Waals surface area contributed by atoms with Gasteiger partial charge in [-0.3, -0.25) is 0 Å². The van der Waals surface area contributed by atoms with Crippen molar-refractivity contribution in [3.05, 3.63) is 114 Å². The van der Waals surface area contributed by atoms with Crippen LogP contribution in [0.3, 0.4) is 0 Å². The number of hydrogen-bond acceptors (Lipinski definition) is 2. The molecule has 3 heterocycles. The van der Waals surface area contributed by atoms with Gasteiger partial charge < -0.3 is 4.90 Å². The molecule has 0 aliphatic carbocycles. The summed E-state index contributed by atoms with van der Waals surface area (Å²) in [6.07, 6.45) is 2.03. The normalized spacial score (nSPS) is 15.9. The fourth-order valence-electron chi connectivity index (χ4n) is 5.04. The molecule has 5 aromatic rings. The van der Waals surface area contributed by atoms with Gasteiger partial charge in [0.2, 0.25) is 0 Å². The summed E-state index contributed by atoms with van der Waals surface area (Å²) in [7, 11) is 0. The van der Waals surface area contributed by atoms with Crippen molar-refractivity contribution in [1.29, 1.82) is 0 Å². The van der Waals surface area contributed by atoms with Gasteiger partial charge in [-0.15, -0.1) is 0 Å². The molecule has 0 N–H and O–H groups in total. The van der Waals surface area contributed by atoms with E-state index in [1.807, 2.05) is 12.1 Å². The molecule has 2 heteroatoms. The molecule has 0 amide bonds. The molecule has 1 atom stereocenters. The Balaban J connectivity index is 1.60. The number of pyridine rings is 1. The average Bonchev–Trinajstić information content (AvgIpc) is 2.87. The molecule has 7 rings (SSSR count). The highest BCUT2D eigenvalue weighted by molar-refractivity contribution is 6.03. The number of rotatable bonds is 1. The molecule has 0 fully saturated rings. The third-order valence-corrected chi connectivity index (χ3v) is 6.48. The lowest BCUT2D eigenvalue weighted by atomic mass is 9.84. The lowest BCUT2D eigenvalue weighted by Crippen LogP contribution is -2.32. The summed E-state index contributed by atoms with van der Waals surface area (Å²) in [5, 5.41) is 3.64. The van der Waals surface area contributed by atoms with Crippen molar-refractivity contribution in [3.63, 3.8) is 0 Å². The second-order valence-electron chi connectivity index (χ2n) is 8.26. The molecule has 2 nitrogen and oxygen atoms in total. The molecule has 0 radical (unpaired) electrons. The van der Waals surface area contributed by atoms with Crippen LogP contribution in [0.4, 0.5) is 5.82 Å². The van der Waals surface area contributed by atoms with Gasteiger partial charge in [-0.1, -0.05) is 96.8 Å². The van der Waals surface area contributed by atoms with E-state index in [4.69, 9.17) is 4.98 Å². The molecule has 0 bridgehead atoms. The highest BCUT2D eigenvalue weighted by atomic mass is 15.2. The summed E-state index contributed by atoms with van der Waals surface area (Å²) in [6, 6.07) is 34.1. The Hall–Kier alpha value is -4.35. The molecule has 148 valence electrons. The fraction of sp³-hybridized carbons (Fsp3) is 0.0333. The Bertz CT molecular complexity index is 1630. The van der Waals surface area contributed by atoms with Crippen LogP contribution in [0.5, 0.6) is 0 Å². The fourth-order valence-corrected chi connectivity index (χ4v) is 5.04. The molecule has 32 heavy (non-hydrogen) atoms. The molecule has 2 aliphatic heterocycles. The van der Waals surface area contributed by atoms with Crippen LogP contribution in [0.15, 0.2) is 103 Å². The molecule has 0 saturated carbocycles. The number of anilines is 1. The van der Waals surface area contributed by atoms with Crippen LogP contribution < -0.4 is 4.90 Å². The van der Waals surface area contributed by atoms with Crippen LogP contribution in [-0.2, 0) is 0 Å². The van der Waals surface area contributed by atoms with Gasteiger partial charge in [0.25, 0.3) is 0 Å². The summed E-state index contributed by atoms with van der Waals surface area (Å²) in [5.41, 5.74) is 6.89. The topological polar surface area (TPSA) is 16.1 Å². The largest absolute Gasteiger partial charge is 0.306 e. The molecule has 1 unspecified atom stereocenters. The van der Waals surface area contributed by atoms with Gasteiger partial charge in [0.05, 0.1) is 11.2 Å². The number of fused-ring (bicyclic) bond motifs is 9. The smallest absolute Gasteiger partial charge is 0.143 e. The zero-order valence-corrected chi connectivity index (χ0v) is 17.3. The SMILES string of the molecule is C1#CC2c3c(ccc4ccccc34)-c3cc4ccccc4nc3N2C(c2ccccc2)=C1. The second-order valence-corrected chi connectivity index (χ2v) is 8.26. The highest BCUT2D eigenvalue weighted by Gasteiger charge is 2.36. The van der Waals surface area contributed by atoms with Crippen molar-refractivity contribution in [2.24, 2.45) is 0 Å². The maximum atomic E-state index is 5.17. The Morgan fingerprint density at radius 2 is 1.50 bits per heavy atom. The molecule has 1 aromatic heterocycles. The molecular formula is C30H18N2. The van der Waals surface area contributed by atoms with E-state index in [0.717, 1.165) is 33.5 Å². The Morgan fingerprint density at radius 1 is 0.719 bits per heavy atom. The van der Waals surface area contributed by atoms with E-state index in [1.54, 1.807) is 0 Å². The van der Waals surface area contributed by atoms with Crippen molar-refractivity contribution in [1.82, 2.24) is 4.98 Å². The highest BCUT2D eigenvalue weighted by Crippen LogP contribution is 2.50. The van der Waals surface area contributed by atoms with Gasteiger partial charge in [0.15, 0.2) is 0 Å². The van der Waals surface area contributed by atoms with E-state index in [-0.39, 0.29) is 6.04 Å². The Morgan fingerprint density at radius 3 is 2.41 bits per heavy atom. The predicted molar refractivity (Wildman–Crippen MR) is 132 cm³/mol. The third kappa shape index (κ3) is 2.40. The van der Waals surface area contributed by atoms with Gasteiger partial charge >= 0.3 is 0 Å². The monoisotopic (exact) mass is 406 g/mol. The maximum Gasteiger partial charge on any atom is 0.143 e. The number of para-hydroxylation sites is 1. The van der Waals surface area contributed by atoms with Crippen molar-refractivity contribution in [3.8, 4) is 23.0 Å². The molecule has 0 saturated heterocycles. The molecule has 0 spiro atoms. The number of nitrogens with zero attached hydrogens (tertiary/aromatic N) is 2. The van der Waals surface area contributed by atoms with Crippen LogP contribution in [0, 0.1) is 11.8 Å². The standard InChI is InChI=1S/C30H18N2/c1-2-10-21(11-3-1)27-15-8-16-28-29-23-13-6-4-9-20(23)17-18-24(29)25-19-22-12-5-7-14-26(22)31-30(25)32(27)28/h1-7,9-15,17-19,28H. The van der Waals surface area contributed by atoms with Crippen molar-refractivity contribution in [2.75, 3.05) is 4.90 Å². The van der Waals surface area contributed by atoms with Gasteiger partial charge in [0.1, 0.15) is 11.9 Å². The summed E-state index contributed by atoms with van der Waals surface area (Å²) >= 11 is 0. The van der Waals surface area contributed by atoms with E-state index in [2.05, 4.69) is 108 Å². The van der Waals surface area contributed by atoms with E-state index >= 15 is 0 Å². The summed E-state index contributed by atoms with van der Waals surface area (Å²) in [6.45, 7) is 0. The first-order valence-electron chi connectivity index (χ1n) is 10.9. The number of aromatic nitrogens is 1. The summed E-state index contributed by atoms with van der Waals surface area (Å²) in [5.74, 6) is 7.82. The quantitative estimate of drug-likeness (QED) is 0.279. The van der Waals surface area contributed by atoms with Crippen molar-refractivity contribution in [2.45, 2.75) is 6.04 Å². The van der Waals surface area contributed by atoms with E-state index in [0.29, 0.717) is 0 Å². The van der Waals surface area contributed by atoms with E-state index in [1.165, 1.54) is 21.9 Å². The molecular weight excluding hydrogens is 388 g/mol. The number of hydrogen-bond donors (Lipinski definition) is 0. The third-order valence-electron chi connectivity index (χ3n) is 6.48. The minimum Gasteiger partial charge on any atom is -0.306 e. The van der Waals surface area contributed by atoms with E-state index < -0.39 is 0 Å². The van der Waals surface area contributed by atoms with Crippen LogP contribution in [0.25, 0.3) is 38.5 Å². The van der Waals surface area contributed by atoms with Gasteiger partial charge in [-0.25, -0.2) is 4.98 Å². The first-order chi connectivity index (χ1) is 15.9. The van der Waals surface area contributed by atoms with Gasteiger partial charge in [-0.05, 0) is 34.0 Å². The first-order valence-corrected chi connectivity index (χ1v) is 10.9. The predicted octanol–water partition coefficient (Wildman–Crippen LogP) is 6.97. The van der Waals surface area contributed by atoms with Crippen molar-refractivity contribution < 1.29 is 0 Å². The maximum absolute atomic E-state index is 5.17. The molecule has 4 aromatic carbocycles. The van der Waals surface area contributed by atoms with Crippen LogP contribution in [0.1, 0.15) is 17.2 Å². The van der Waals surface area contributed by atoms with Crippen molar-refractivity contribution >= 4 is 33.2 Å². The Kier molecular flexibility index (Phi) is 3.56. The van der Waals surface area contributed by atoms with Crippen LogP contribution in [0.2, 0.25) is 0 Å². The number of allylic oxidation sites excluding steroid dienone is 1. The Labute approximate surface area is 186 Å². The molecule has 2 aliphatic rings. The van der Waals surface area contributed by atoms with Crippen LogP contribution in [-0.4, -0.2) is 4.98 Å². The van der Waals surface area contributed by atoms with Gasteiger partial charge in [0, 0.05) is 22.6 Å². The second kappa shape index (κ2) is 6.57. The zero-order chi connectivity index (χ0) is 21.1. The first kappa shape index (κ1) is 17.3.